The Labute approximate surface area is 58.6 Å². The van der Waals surface area contributed by atoms with Crippen LogP contribution >= 0.6 is 0 Å². The Bertz CT molecular complexity index is 37.8. The van der Waals surface area contributed by atoms with Crippen LogP contribution in [0.15, 0.2) is 0 Å². The minimum absolute atomic E-state index is 0.617. The van der Waals surface area contributed by atoms with Crippen LogP contribution in [-0.4, -0.2) is 6.54 Å². The molecule has 0 spiro atoms. The summed E-state index contributed by atoms with van der Waals surface area (Å²) in [5.41, 5.74) is 6.88. The second-order valence-electron chi connectivity index (χ2n) is 2.52. The molecule has 0 bridgehead atoms. The SMILES string of the molecule is CCCCCCCC[NH]. The molecule has 9 heavy (non-hydrogen) atoms. The first-order valence-electron chi connectivity index (χ1n) is 4.06. The normalized spacial score (nSPS) is 10.0. The zero-order valence-corrected chi connectivity index (χ0v) is 6.45. The number of unbranched alkanes of at least 4 members (excludes halogenated alkanes) is 5. The van der Waals surface area contributed by atoms with E-state index in [-0.39, 0.29) is 0 Å². The Morgan fingerprint density at radius 3 is 2.00 bits per heavy atom. The average Bonchev–Trinajstić information content (AvgIpc) is 1.89. The van der Waals surface area contributed by atoms with Crippen LogP contribution in [0.5, 0.6) is 0 Å². The molecule has 1 heteroatoms. The van der Waals surface area contributed by atoms with Gasteiger partial charge in [0.2, 0.25) is 0 Å². The first kappa shape index (κ1) is 8.96. The van der Waals surface area contributed by atoms with E-state index in [9.17, 15) is 0 Å². The molecule has 0 amide bonds. The highest BCUT2D eigenvalue weighted by Crippen LogP contribution is 2.03. The lowest BCUT2D eigenvalue weighted by Crippen LogP contribution is -1.84. The predicted molar refractivity (Wildman–Crippen MR) is 41.3 cm³/mol. The zero-order chi connectivity index (χ0) is 6.95. The van der Waals surface area contributed by atoms with Crippen LogP contribution in [0.1, 0.15) is 45.4 Å². The summed E-state index contributed by atoms with van der Waals surface area (Å²) in [7, 11) is 0. The van der Waals surface area contributed by atoms with Gasteiger partial charge in [0.25, 0.3) is 0 Å². The molecule has 1 N–H and O–H groups in total. The number of rotatable bonds is 6. The van der Waals surface area contributed by atoms with Gasteiger partial charge in [-0.05, 0) is 6.42 Å². The van der Waals surface area contributed by atoms with Crippen LogP contribution < -0.4 is 5.73 Å². The Kier molecular flexibility index (Phi) is 7.92. The smallest absolute Gasteiger partial charge is 0.00997 e. The van der Waals surface area contributed by atoms with E-state index in [4.69, 9.17) is 5.73 Å². The molecule has 0 aromatic heterocycles. The molecule has 0 saturated heterocycles. The van der Waals surface area contributed by atoms with Gasteiger partial charge in [-0.25, -0.2) is 0 Å². The molecule has 1 nitrogen and oxygen atoms in total. The minimum Gasteiger partial charge on any atom is -0.258 e. The largest absolute Gasteiger partial charge is 0.258 e. The average molecular weight is 128 g/mol. The summed E-state index contributed by atoms with van der Waals surface area (Å²) in [4.78, 5) is 0. The predicted octanol–water partition coefficient (Wildman–Crippen LogP) is 2.63. The van der Waals surface area contributed by atoms with Gasteiger partial charge in [-0.2, -0.15) is 0 Å². The van der Waals surface area contributed by atoms with E-state index in [0.29, 0.717) is 6.54 Å². The highest BCUT2D eigenvalue weighted by molar-refractivity contribution is 4.42. The Hall–Kier alpha value is -0.0400. The van der Waals surface area contributed by atoms with Gasteiger partial charge in [-0.3, -0.25) is 5.73 Å². The minimum atomic E-state index is 0.617. The highest BCUT2D eigenvalue weighted by atomic mass is 14.5. The van der Waals surface area contributed by atoms with Crippen LogP contribution in [0.3, 0.4) is 0 Å². The third kappa shape index (κ3) is 7.96. The lowest BCUT2D eigenvalue weighted by Gasteiger charge is -1.95. The van der Waals surface area contributed by atoms with Crippen molar-refractivity contribution in [2.75, 3.05) is 6.54 Å². The fraction of sp³-hybridized carbons (Fsp3) is 1.00. The molecule has 0 aliphatic heterocycles. The molecular weight excluding hydrogens is 110 g/mol. The molecule has 0 rings (SSSR count). The molecule has 0 unspecified atom stereocenters. The lowest BCUT2D eigenvalue weighted by molar-refractivity contribution is 0.609. The Morgan fingerprint density at radius 1 is 0.889 bits per heavy atom. The summed E-state index contributed by atoms with van der Waals surface area (Å²) in [6, 6.07) is 0. The Balaban J connectivity index is 2.60. The summed E-state index contributed by atoms with van der Waals surface area (Å²) in [6.45, 7) is 2.84. The number of hydrogen-bond donors (Lipinski definition) is 0. The van der Waals surface area contributed by atoms with E-state index in [2.05, 4.69) is 6.92 Å². The van der Waals surface area contributed by atoms with E-state index in [0.717, 1.165) is 6.42 Å². The van der Waals surface area contributed by atoms with Gasteiger partial charge in [0, 0.05) is 6.54 Å². The van der Waals surface area contributed by atoms with Crippen molar-refractivity contribution in [2.24, 2.45) is 0 Å². The first-order chi connectivity index (χ1) is 4.41. The van der Waals surface area contributed by atoms with Crippen molar-refractivity contribution in [3.05, 3.63) is 0 Å². The first-order valence-corrected chi connectivity index (χ1v) is 4.06. The molecule has 0 fully saturated rings. The molecule has 0 heterocycles. The van der Waals surface area contributed by atoms with Crippen LogP contribution in [0.25, 0.3) is 0 Å². The second-order valence-corrected chi connectivity index (χ2v) is 2.52. The van der Waals surface area contributed by atoms with Gasteiger partial charge in [0.1, 0.15) is 0 Å². The molecule has 0 aliphatic rings. The topological polar surface area (TPSA) is 23.8 Å². The molecule has 0 aliphatic carbocycles. The fourth-order valence-corrected chi connectivity index (χ4v) is 0.905. The number of nitrogens with one attached hydrogen (secondary N) is 1. The summed E-state index contributed by atoms with van der Waals surface area (Å²) >= 11 is 0. The van der Waals surface area contributed by atoms with Crippen molar-refractivity contribution >= 4 is 0 Å². The fourth-order valence-electron chi connectivity index (χ4n) is 0.905. The van der Waals surface area contributed by atoms with Crippen LogP contribution in [-0.2, 0) is 0 Å². The van der Waals surface area contributed by atoms with Crippen molar-refractivity contribution in [1.29, 1.82) is 0 Å². The second kappa shape index (κ2) is 7.96. The maximum atomic E-state index is 6.88. The molecule has 0 aromatic carbocycles. The van der Waals surface area contributed by atoms with Gasteiger partial charge in [0.15, 0.2) is 0 Å². The lowest BCUT2D eigenvalue weighted by atomic mass is 10.1. The van der Waals surface area contributed by atoms with Gasteiger partial charge >= 0.3 is 0 Å². The van der Waals surface area contributed by atoms with Crippen LogP contribution in [0.4, 0.5) is 0 Å². The van der Waals surface area contributed by atoms with E-state index in [1.54, 1.807) is 0 Å². The summed E-state index contributed by atoms with van der Waals surface area (Å²) in [5, 5.41) is 0. The van der Waals surface area contributed by atoms with Crippen molar-refractivity contribution in [3.63, 3.8) is 0 Å². The maximum Gasteiger partial charge on any atom is 0.00997 e. The van der Waals surface area contributed by atoms with Crippen molar-refractivity contribution in [3.8, 4) is 0 Å². The summed E-state index contributed by atoms with van der Waals surface area (Å²) in [6.07, 6.45) is 7.77. The van der Waals surface area contributed by atoms with Crippen molar-refractivity contribution in [1.82, 2.24) is 5.73 Å². The van der Waals surface area contributed by atoms with Gasteiger partial charge in [0.05, 0.1) is 0 Å². The van der Waals surface area contributed by atoms with E-state index < -0.39 is 0 Å². The van der Waals surface area contributed by atoms with Crippen molar-refractivity contribution < 1.29 is 0 Å². The maximum absolute atomic E-state index is 6.88. The Morgan fingerprint density at radius 2 is 1.44 bits per heavy atom. The zero-order valence-electron chi connectivity index (χ0n) is 6.45. The molecule has 0 atom stereocenters. The molecule has 0 aromatic rings. The van der Waals surface area contributed by atoms with Crippen LogP contribution in [0.2, 0.25) is 0 Å². The number of hydrogen-bond acceptors (Lipinski definition) is 0. The molecule has 1 radical (unpaired) electrons. The molecular formula is C8H18N. The third-order valence-electron chi connectivity index (χ3n) is 1.53. The van der Waals surface area contributed by atoms with Crippen LogP contribution in [0, 0.1) is 0 Å². The molecule has 0 saturated carbocycles. The van der Waals surface area contributed by atoms with Gasteiger partial charge in [-0.1, -0.05) is 39.0 Å². The quantitative estimate of drug-likeness (QED) is 0.491. The standard InChI is InChI=1S/C8H18N/c1-2-3-4-5-6-7-8-9/h9H,2-8H2,1H3. The van der Waals surface area contributed by atoms with Crippen molar-refractivity contribution in [2.45, 2.75) is 45.4 Å². The van der Waals surface area contributed by atoms with Gasteiger partial charge in [-0.15, -0.1) is 0 Å². The summed E-state index contributed by atoms with van der Waals surface area (Å²) < 4.78 is 0. The van der Waals surface area contributed by atoms with E-state index >= 15 is 0 Å². The summed E-state index contributed by atoms with van der Waals surface area (Å²) in [5.74, 6) is 0. The monoisotopic (exact) mass is 128 g/mol. The molecule has 55 valence electrons. The highest BCUT2D eigenvalue weighted by Gasteiger charge is 1.86. The van der Waals surface area contributed by atoms with Gasteiger partial charge < -0.3 is 0 Å². The van der Waals surface area contributed by atoms with E-state index in [1.165, 1.54) is 32.1 Å². The third-order valence-corrected chi connectivity index (χ3v) is 1.53. The van der Waals surface area contributed by atoms with E-state index in [1.807, 2.05) is 0 Å².